The molecule has 27 heavy (non-hydrogen) atoms. The quantitative estimate of drug-likeness (QED) is 0.834. The van der Waals surface area contributed by atoms with Gasteiger partial charge in [-0.2, -0.15) is 0 Å². The molecule has 0 bridgehead atoms. The summed E-state index contributed by atoms with van der Waals surface area (Å²) in [5.41, 5.74) is 4.11. The van der Waals surface area contributed by atoms with Gasteiger partial charge in [0.05, 0.1) is 0 Å². The number of hydrogen-bond acceptors (Lipinski definition) is 5. The van der Waals surface area contributed by atoms with Crippen LogP contribution in [0.5, 0.6) is 0 Å². The molecule has 6 nitrogen and oxygen atoms in total. The number of alkyl halides is 2. The van der Waals surface area contributed by atoms with Gasteiger partial charge in [0.25, 0.3) is 11.8 Å². The molecule has 8 heteroatoms. The number of fused-ring (bicyclic) bond motifs is 2. The van der Waals surface area contributed by atoms with Crippen molar-refractivity contribution in [1.82, 2.24) is 14.9 Å². The number of hydrogen-bond donors (Lipinski definition) is 1. The summed E-state index contributed by atoms with van der Waals surface area (Å²) in [6.07, 6.45) is 4.69. The number of guanidine groups is 1. The second-order valence-corrected chi connectivity index (χ2v) is 7.68. The monoisotopic (exact) mass is 371 g/mol. The van der Waals surface area contributed by atoms with Crippen molar-refractivity contribution in [3.8, 4) is 11.1 Å². The SMILES string of the molecule is CN1C(=O)C2(N=C1N)c1cc(-c3cncnc3)ccc1CC(C)(C)C2(F)F. The van der Waals surface area contributed by atoms with Crippen molar-refractivity contribution in [2.45, 2.75) is 31.7 Å². The summed E-state index contributed by atoms with van der Waals surface area (Å²) in [6.45, 7) is 2.90. The second kappa shape index (κ2) is 5.31. The first-order chi connectivity index (χ1) is 12.6. The Hall–Kier alpha value is -2.90. The molecule has 1 amide bonds. The summed E-state index contributed by atoms with van der Waals surface area (Å²) in [5.74, 6) is -4.46. The van der Waals surface area contributed by atoms with E-state index in [1.165, 1.54) is 27.2 Å². The molecule has 1 aromatic heterocycles. The largest absolute Gasteiger partial charge is 0.369 e. The van der Waals surface area contributed by atoms with Gasteiger partial charge in [-0.3, -0.25) is 9.69 Å². The van der Waals surface area contributed by atoms with E-state index in [1.54, 1.807) is 24.5 Å². The number of halogens is 2. The minimum absolute atomic E-state index is 0.120. The predicted octanol–water partition coefficient (Wildman–Crippen LogP) is 2.34. The molecule has 2 N–H and O–H groups in total. The molecular formula is C19H19F2N5O. The summed E-state index contributed by atoms with van der Waals surface area (Å²) in [7, 11) is 1.36. The molecule has 4 rings (SSSR count). The number of aromatic nitrogens is 2. The molecule has 1 spiro atoms. The number of rotatable bonds is 1. The molecule has 1 unspecified atom stereocenters. The summed E-state index contributed by atoms with van der Waals surface area (Å²) in [5, 5.41) is 0. The molecule has 140 valence electrons. The molecule has 0 saturated carbocycles. The number of likely N-dealkylation sites (N-methyl/N-ethyl adjacent to an activating group) is 1. The highest BCUT2D eigenvalue weighted by Crippen LogP contribution is 2.59. The van der Waals surface area contributed by atoms with Gasteiger partial charge in [-0.15, -0.1) is 0 Å². The van der Waals surface area contributed by atoms with Crippen LogP contribution in [0.3, 0.4) is 0 Å². The van der Waals surface area contributed by atoms with Crippen LogP contribution in [0.1, 0.15) is 25.0 Å². The highest BCUT2D eigenvalue weighted by molar-refractivity contribution is 6.08. The van der Waals surface area contributed by atoms with Crippen LogP contribution in [0.15, 0.2) is 41.9 Å². The fourth-order valence-electron chi connectivity index (χ4n) is 3.96. The predicted molar refractivity (Wildman–Crippen MR) is 96.0 cm³/mol. The summed E-state index contributed by atoms with van der Waals surface area (Å²) in [4.78, 5) is 26.0. The van der Waals surface area contributed by atoms with Crippen LogP contribution in [0.4, 0.5) is 8.78 Å². The van der Waals surface area contributed by atoms with Crippen molar-refractivity contribution in [1.29, 1.82) is 0 Å². The lowest BCUT2D eigenvalue weighted by atomic mass is 9.61. The minimum atomic E-state index is -3.43. The van der Waals surface area contributed by atoms with E-state index in [0.717, 1.165) is 4.90 Å². The third-order valence-electron chi connectivity index (χ3n) is 5.57. The van der Waals surface area contributed by atoms with E-state index in [0.29, 0.717) is 16.7 Å². The Kier molecular flexibility index (Phi) is 3.44. The van der Waals surface area contributed by atoms with Crippen LogP contribution in [0, 0.1) is 5.41 Å². The van der Waals surface area contributed by atoms with Crippen LogP contribution in [0.2, 0.25) is 0 Å². The Morgan fingerprint density at radius 1 is 1.15 bits per heavy atom. The third kappa shape index (κ3) is 2.09. The molecule has 2 aliphatic rings. The number of aliphatic imine (C=N–C) groups is 1. The molecular weight excluding hydrogens is 352 g/mol. The minimum Gasteiger partial charge on any atom is -0.369 e. The molecule has 1 atom stereocenters. The van der Waals surface area contributed by atoms with E-state index in [9.17, 15) is 4.79 Å². The van der Waals surface area contributed by atoms with Crippen LogP contribution in [-0.4, -0.2) is 39.7 Å². The van der Waals surface area contributed by atoms with Gasteiger partial charge in [0.1, 0.15) is 6.33 Å². The Morgan fingerprint density at radius 2 is 1.81 bits per heavy atom. The lowest BCUT2D eigenvalue weighted by Crippen LogP contribution is -2.61. The summed E-state index contributed by atoms with van der Waals surface area (Å²) in [6, 6.07) is 5.18. The average molecular weight is 371 g/mol. The van der Waals surface area contributed by atoms with Crippen LogP contribution >= 0.6 is 0 Å². The van der Waals surface area contributed by atoms with Crippen molar-refractivity contribution in [2.24, 2.45) is 16.1 Å². The van der Waals surface area contributed by atoms with E-state index in [1.807, 2.05) is 6.07 Å². The maximum absolute atomic E-state index is 15.7. The van der Waals surface area contributed by atoms with Gasteiger partial charge < -0.3 is 5.73 Å². The van der Waals surface area contributed by atoms with E-state index >= 15 is 8.78 Å². The third-order valence-corrected chi connectivity index (χ3v) is 5.57. The maximum atomic E-state index is 15.7. The van der Waals surface area contributed by atoms with Gasteiger partial charge in [-0.1, -0.05) is 26.0 Å². The van der Waals surface area contributed by atoms with E-state index in [4.69, 9.17) is 5.73 Å². The Bertz CT molecular complexity index is 973. The number of nitrogens with two attached hydrogens (primary N) is 1. The number of amides is 1. The zero-order valence-electron chi connectivity index (χ0n) is 15.2. The number of nitrogens with zero attached hydrogens (tertiary/aromatic N) is 4. The van der Waals surface area contributed by atoms with Crippen molar-refractivity contribution >= 4 is 11.9 Å². The van der Waals surface area contributed by atoms with Crippen molar-refractivity contribution in [3.05, 3.63) is 48.0 Å². The second-order valence-electron chi connectivity index (χ2n) is 7.68. The van der Waals surface area contributed by atoms with E-state index < -0.39 is 22.8 Å². The summed E-state index contributed by atoms with van der Waals surface area (Å²) >= 11 is 0. The van der Waals surface area contributed by atoms with E-state index in [-0.39, 0.29) is 17.9 Å². The first kappa shape index (κ1) is 17.5. The van der Waals surface area contributed by atoms with Gasteiger partial charge in [-0.25, -0.2) is 23.7 Å². The van der Waals surface area contributed by atoms with Crippen LogP contribution in [-0.2, 0) is 16.8 Å². The molecule has 0 radical (unpaired) electrons. The van der Waals surface area contributed by atoms with Crippen molar-refractivity contribution < 1.29 is 13.6 Å². The van der Waals surface area contributed by atoms with Crippen LogP contribution in [0.25, 0.3) is 11.1 Å². The van der Waals surface area contributed by atoms with Crippen LogP contribution < -0.4 is 5.73 Å². The highest BCUT2D eigenvalue weighted by Gasteiger charge is 2.72. The molecule has 1 aliphatic heterocycles. The molecule has 2 heterocycles. The molecule has 0 saturated heterocycles. The summed E-state index contributed by atoms with van der Waals surface area (Å²) < 4.78 is 31.4. The molecule has 0 fully saturated rings. The first-order valence-corrected chi connectivity index (χ1v) is 8.52. The van der Waals surface area contributed by atoms with Gasteiger partial charge in [0, 0.05) is 30.4 Å². The Balaban J connectivity index is 2.03. The number of carbonyl (C=O) groups excluding carboxylic acids is 1. The standard InChI is InChI=1S/C19H19F2N5O/c1-17(2)7-12-5-4-11(13-8-23-10-24-9-13)6-14(12)18(19(17,20)21)15(27)26(3)16(22)25-18/h4-6,8-10H,7H2,1-3H3,(H2,22,25). The Labute approximate surface area is 155 Å². The lowest BCUT2D eigenvalue weighted by Gasteiger charge is -2.48. The fraction of sp³-hybridized carbons (Fsp3) is 0.368. The lowest BCUT2D eigenvalue weighted by molar-refractivity contribution is -0.183. The van der Waals surface area contributed by atoms with Crippen molar-refractivity contribution in [3.63, 3.8) is 0 Å². The van der Waals surface area contributed by atoms with E-state index in [2.05, 4.69) is 15.0 Å². The number of benzene rings is 1. The highest BCUT2D eigenvalue weighted by atomic mass is 19.3. The van der Waals surface area contributed by atoms with Crippen molar-refractivity contribution in [2.75, 3.05) is 7.05 Å². The van der Waals surface area contributed by atoms with Gasteiger partial charge in [-0.05, 0) is 29.2 Å². The first-order valence-electron chi connectivity index (χ1n) is 8.52. The zero-order chi connectivity index (χ0) is 19.6. The molecule has 1 aliphatic carbocycles. The number of carbonyl (C=O) groups is 1. The molecule has 2 aromatic rings. The zero-order valence-corrected chi connectivity index (χ0v) is 15.2. The Morgan fingerprint density at radius 3 is 2.41 bits per heavy atom. The van der Waals surface area contributed by atoms with Gasteiger partial charge >= 0.3 is 0 Å². The topological polar surface area (TPSA) is 84.5 Å². The smallest absolute Gasteiger partial charge is 0.291 e. The molecule has 1 aromatic carbocycles. The fourth-order valence-corrected chi connectivity index (χ4v) is 3.96. The van der Waals surface area contributed by atoms with Gasteiger partial charge in [0.2, 0.25) is 5.54 Å². The maximum Gasteiger partial charge on any atom is 0.291 e. The average Bonchev–Trinajstić information content (AvgIpc) is 2.86. The normalized spacial score (nSPS) is 25.4. The van der Waals surface area contributed by atoms with Gasteiger partial charge in [0.15, 0.2) is 5.96 Å².